The summed E-state index contributed by atoms with van der Waals surface area (Å²) < 4.78 is 5.69. The zero-order chi connectivity index (χ0) is 14.7. The molecule has 0 aliphatic carbocycles. The fourth-order valence-corrected chi connectivity index (χ4v) is 1.73. The summed E-state index contributed by atoms with van der Waals surface area (Å²) in [5.41, 5.74) is 7.24. The van der Waals surface area contributed by atoms with Gasteiger partial charge in [-0.2, -0.15) is 0 Å². The minimum Gasteiger partial charge on any atom is -0.478 e. The molecule has 0 aromatic heterocycles. The molecular formula is C15H16N2O3. The number of benzene rings is 2. The Balaban J connectivity index is 2.26. The molecule has 20 heavy (non-hydrogen) atoms. The Labute approximate surface area is 117 Å². The van der Waals surface area contributed by atoms with Gasteiger partial charge in [0.2, 0.25) is 0 Å². The molecule has 0 heterocycles. The number of carbonyl (C=O) groups is 1. The van der Waals surface area contributed by atoms with Crippen molar-refractivity contribution in [2.45, 2.75) is 0 Å². The van der Waals surface area contributed by atoms with Crippen LogP contribution in [0.25, 0.3) is 0 Å². The summed E-state index contributed by atoms with van der Waals surface area (Å²) in [7, 11) is 3.88. The van der Waals surface area contributed by atoms with Crippen molar-refractivity contribution in [2.24, 2.45) is 0 Å². The third-order valence-corrected chi connectivity index (χ3v) is 2.82. The molecule has 0 aliphatic heterocycles. The van der Waals surface area contributed by atoms with Gasteiger partial charge in [-0.3, -0.25) is 0 Å². The van der Waals surface area contributed by atoms with Crippen LogP contribution in [0.3, 0.4) is 0 Å². The molecule has 0 saturated carbocycles. The number of carboxylic acids is 1. The highest BCUT2D eigenvalue weighted by molar-refractivity contribution is 5.89. The van der Waals surface area contributed by atoms with Crippen molar-refractivity contribution < 1.29 is 14.6 Å². The number of aromatic carboxylic acids is 1. The number of nitrogens with two attached hydrogens (primary N) is 1. The van der Waals surface area contributed by atoms with E-state index in [0.29, 0.717) is 17.2 Å². The fourth-order valence-electron chi connectivity index (χ4n) is 1.73. The van der Waals surface area contributed by atoms with E-state index in [1.165, 1.54) is 12.1 Å². The van der Waals surface area contributed by atoms with Crippen LogP contribution in [-0.4, -0.2) is 25.2 Å². The Morgan fingerprint density at radius 2 is 1.95 bits per heavy atom. The molecule has 0 atom stereocenters. The second-order valence-electron chi connectivity index (χ2n) is 4.55. The molecule has 0 saturated heterocycles. The van der Waals surface area contributed by atoms with Gasteiger partial charge in [0.05, 0.1) is 11.3 Å². The van der Waals surface area contributed by atoms with Gasteiger partial charge in [0.25, 0.3) is 0 Å². The zero-order valence-electron chi connectivity index (χ0n) is 11.3. The number of ether oxygens (including phenoxy) is 1. The highest BCUT2D eigenvalue weighted by Crippen LogP contribution is 2.30. The van der Waals surface area contributed by atoms with Crippen molar-refractivity contribution in [3.8, 4) is 11.5 Å². The lowest BCUT2D eigenvalue weighted by Gasteiger charge is -2.14. The van der Waals surface area contributed by atoms with Crippen LogP contribution in [0.5, 0.6) is 11.5 Å². The van der Waals surface area contributed by atoms with Crippen LogP contribution < -0.4 is 15.4 Å². The molecule has 2 aromatic carbocycles. The smallest absolute Gasteiger partial charge is 0.335 e. The summed E-state index contributed by atoms with van der Waals surface area (Å²) in [4.78, 5) is 12.8. The molecule has 0 amide bonds. The molecule has 2 rings (SSSR count). The fraction of sp³-hybridized carbons (Fsp3) is 0.133. The van der Waals surface area contributed by atoms with E-state index in [-0.39, 0.29) is 5.56 Å². The van der Waals surface area contributed by atoms with Crippen molar-refractivity contribution in [3.05, 3.63) is 48.0 Å². The minimum absolute atomic E-state index is 0.136. The molecule has 0 aliphatic rings. The Kier molecular flexibility index (Phi) is 3.79. The molecule has 0 radical (unpaired) electrons. The monoisotopic (exact) mass is 272 g/mol. The number of nitrogens with zero attached hydrogens (tertiary/aromatic N) is 1. The van der Waals surface area contributed by atoms with Crippen LogP contribution in [-0.2, 0) is 0 Å². The first-order chi connectivity index (χ1) is 9.47. The normalized spacial score (nSPS) is 10.1. The van der Waals surface area contributed by atoms with Gasteiger partial charge in [-0.15, -0.1) is 0 Å². The van der Waals surface area contributed by atoms with Crippen LogP contribution in [0.15, 0.2) is 42.5 Å². The first kappa shape index (κ1) is 13.7. The average molecular weight is 272 g/mol. The van der Waals surface area contributed by atoms with E-state index in [9.17, 15) is 4.79 Å². The molecule has 5 heteroatoms. The summed E-state index contributed by atoms with van der Waals surface area (Å²) in [5, 5.41) is 8.89. The Hall–Kier alpha value is -2.69. The molecule has 0 fully saturated rings. The van der Waals surface area contributed by atoms with Gasteiger partial charge in [-0.25, -0.2) is 4.79 Å². The Morgan fingerprint density at radius 1 is 1.20 bits per heavy atom. The lowest BCUT2D eigenvalue weighted by molar-refractivity contribution is 0.0697. The van der Waals surface area contributed by atoms with E-state index in [0.717, 1.165) is 5.69 Å². The molecular weight excluding hydrogens is 256 g/mol. The molecule has 0 spiro atoms. The van der Waals surface area contributed by atoms with Crippen molar-refractivity contribution in [3.63, 3.8) is 0 Å². The summed E-state index contributed by atoms with van der Waals surface area (Å²) in [5.74, 6) is 0.0646. The maximum Gasteiger partial charge on any atom is 0.335 e. The summed E-state index contributed by atoms with van der Waals surface area (Å²) in [6.45, 7) is 0. The van der Waals surface area contributed by atoms with Gasteiger partial charge in [-0.05, 0) is 30.3 Å². The van der Waals surface area contributed by atoms with E-state index in [1.54, 1.807) is 6.07 Å². The highest BCUT2D eigenvalue weighted by atomic mass is 16.5. The second-order valence-corrected chi connectivity index (χ2v) is 4.55. The first-order valence-corrected chi connectivity index (χ1v) is 6.05. The van der Waals surface area contributed by atoms with Gasteiger partial charge in [-0.1, -0.05) is 6.07 Å². The molecule has 5 nitrogen and oxygen atoms in total. The number of rotatable bonds is 4. The van der Waals surface area contributed by atoms with Crippen LogP contribution in [0.1, 0.15) is 10.4 Å². The van der Waals surface area contributed by atoms with Crippen LogP contribution in [0.4, 0.5) is 11.4 Å². The van der Waals surface area contributed by atoms with Gasteiger partial charge in [0.1, 0.15) is 11.5 Å². The quantitative estimate of drug-likeness (QED) is 0.837. The van der Waals surface area contributed by atoms with E-state index >= 15 is 0 Å². The third kappa shape index (κ3) is 3.00. The number of hydrogen-bond acceptors (Lipinski definition) is 4. The van der Waals surface area contributed by atoms with Gasteiger partial charge in [0.15, 0.2) is 0 Å². The molecule has 0 unspecified atom stereocenters. The molecule has 0 bridgehead atoms. The van der Waals surface area contributed by atoms with E-state index in [2.05, 4.69) is 0 Å². The van der Waals surface area contributed by atoms with Crippen LogP contribution >= 0.6 is 0 Å². The zero-order valence-corrected chi connectivity index (χ0v) is 11.3. The minimum atomic E-state index is -1.02. The maximum atomic E-state index is 10.8. The number of nitrogen functional groups attached to an aromatic ring is 1. The van der Waals surface area contributed by atoms with E-state index in [4.69, 9.17) is 15.6 Å². The second kappa shape index (κ2) is 5.52. The van der Waals surface area contributed by atoms with E-state index in [1.807, 2.05) is 43.3 Å². The van der Waals surface area contributed by atoms with Gasteiger partial charge < -0.3 is 20.5 Å². The number of hydrogen-bond donors (Lipinski definition) is 2. The number of carboxylic acid groups (broad SMARTS) is 1. The predicted molar refractivity (Wildman–Crippen MR) is 78.7 cm³/mol. The number of anilines is 2. The average Bonchev–Trinajstić information content (AvgIpc) is 2.41. The Bertz CT molecular complexity index is 639. The summed E-state index contributed by atoms with van der Waals surface area (Å²) in [6, 6.07) is 11.9. The molecule has 2 aromatic rings. The van der Waals surface area contributed by atoms with Crippen LogP contribution in [0, 0.1) is 0 Å². The largest absolute Gasteiger partial charge is 0.478 e. The van der Waals surface area contributed by atoms with Gasteiger partial charge >= 0.3 is 5.97 Å². The van der Waals surface area contributed by atoms with Crippen molar-refractivity contribution in [1.82, 2.24) is 0 Å². The van der Waals surface area contributed by atoms with Crippen molar-refractivity contribution >= 4 is 17.3 Å². The molecule has 3 N–H and O–H groups in total. The van der Waals surface area contributed by atoms with E-state index < -0.39 is 5.97 Å². The topological polar surface area (TPSA) is 75.8 Å². The van der Waals surface area contributed by atoms with Gasteiger partial charge in [0, 0.05) is 25.8 Å². The molecule has 104 valence electrons. The third-order valence-electron chi connectivity index (χ3n) is 2.82. The lowest BCUT2D eigenvalue weighted by Crippen LogP contribution is -2.08. The maximum absolute atomic E-state index is 10.8. The summed E-state index contributed by atoms with van der Waals surface area (Å²) in [6.07, 6.45) is 0. The Morgan fingerprint density at radius 3 is 2.55 bits per heavy atom. The van der Waals surface area contributed by atoms with Crippen LogP contribution in [0.2, 0.25) is 0 Å². The SMILES string of the molecule is CN(C)c1cccc(Oc2ccc(C(=O)O)cc2N)c1. The van der Waals surface area contributed by atoms with Crippen molar-refractivity contribution in [1.29, 1.82) is 0 Å². The lowest BCUT2D eigenvalue weighted by atomic mass is 10.2. The predicted octanol–water partition coefficient (Wildman–Crippen LogP) is 2.83. The standard InChI is InChI=1S/C15H16N2O3/c1-17(2)11-4-3-5-12(9-11)20-14-7-6-10(15(18)19)8-13(14)16/h3-9H,16H2,1-2H3,(H,18,19). The van der Waals surface area contributed by atoms with Crippen molar-refractivity contribution in [2.75, 3.05) is 24.7 Å². The summed E-state index contributed by atoms with van der Waals surface area (Å²) >= 11 is 0. The first-order valence-electron chi connectivity index (χ1n) is 6.05. The highest BCUT2D eigenvalue weighted by Gasteiger charge is 2.08.